The number of ketones is 1. The summed E-state index contributed by atoms with van der Waals surface area (Å²) >= 11 is 0. The Kier molecular flexibility index (Phi) is 956. The zero-order chi connectivity index (χ0) is 14.3. The van der Waals surface area contributed by atoms with Crippen LogP contribution in [0.15, 0.2) is 0 Å². The Morgan fingerprint density at radius 3 is 0.875 bits per heavy atom. The van der Waals surface area contributed by atoms with Crippen molar-refractivity contribution in [2.45, 2.75) is 6.92 Å². The number of Topliss-reactive ketones (excluding diaryl/α,β-unsaturated/α-hetero) is 1. The van der Waals surface area contributed by atoms with Gasteiger partial charge in [0.25, 0.3) is 0 Å². The second-order valence-electron chi connectivity index (χ2n) is 0.658. The third-order valence-electron chi connectivity index (χ3n) is 0.144. The molecule has 0 spiro atoms. The van der Waals surface area contributed by atoms with Crippen LogP contribution in [0, 0.1) is 33.3 Å². The maximum Gasteiger partial charge on any atom is 0 e. The molecule has 0 aliphatic rings. The molecule has 0 aliphatic carbocycles. The molecule has 0 aliphatic heterocycles. The quantitative estimate of drug-likeness (QED) is 0.273. The van der Waals surface area contributed by atoms with E-state index in [9.17, 15) is 4.79 Å². The molecule has 0 atom stereocenters. The van der Waals surface area contributed by atoms with Crippen LogP contribution in [0.1, 0.15) is 6.92 Å². The maximum absolute atomic E-state index is 9.39. The Labute approximate surface area is 103 Å². The van der Waals surface area contributed by atoms with E-state index in [1.165, 1.54) is 0 Å². The Morgan fingerprint density at radius 2 is 0.875 bits per heavy atom. The van der Waals surface area contributed by atoms with E-state index < -0.39 is 5.78 Å². The van der Waals surface area contributed by atoms with Crippen LogP contribution in [0.25, 0.3) is 0 Å². The first-order valence-electron chi connectivity index (χ1n) is 2.18. The zero-order valence-corrected chi connectivity index (χ0v) is 8.92. The summed E-state index contributed by atoms with van der Waals surface area (Å²) in [6, 6.07) is 0. The average Bonchev–Trinajstić information content (AvgIpc) is 2.41. The second-order valence-corrected chi connectivity index (χ2v) is 0.658. The van der Waals surface area contributed by atoms with Crippen LogP contribution >= 0.6 is 0 Å². The summed E-state index contributed by atoms with van der Waals surface area (Å²) in [5.74, 6) is -0.551. The standard InChI is InChI=1S/C3H3O2.5CO.Mn/c1-3(5)2-4;5*1-2;/h1H3;;;;;;/q-1;;;;;;. The van der Waals surface area contributed by atoms with E-state index in [-0.39, 0.29) is 17.1 Å². The minimum absolute atomic E-state index is 0. The fourth-order valence-corrected chi connectivity index (χ4v) is 0. The molecule has 0 aromatic carbocycles. The Bertz CT molecular complexity index is 176. The largest absolute Gasteiger partial charge is 0 e. The fraction of sp³-hybridized carbons (Fsp3) is 0.125. The molecule has 0 saturated heterocycles. The molecule has 0 rings (SSSR count). The number of hydrogen-bond donors (Lipinski definition) is 0. The molecule has 7 nitrogen and oxygen atoms in total. The van der Waals surface area contributed by atoms with Crippen LogP contribution in [-0.4, -0.2) is 12.1 Å². The molecular weight excluding hydrogens is 263 g/mol. The van der Waals surface area contributed by atoms with Crippen LogP contribution in [-0.2, 0) is 49.9 Å². The first-order chi connectivity index (χ1) is 7.27. The number of hydrogen-bond acceptors (Lipinski definition) is 2. The summed E-state index contributed by atoms with van der Waals surface area (Å²) in [6.45, 7) is 23.7. The minimum atomic E-state index is -0.551. The molecule has 85 valence electrons. The molecule has 0 bridgehead atoms. The molecule has 16 heavy (non-hydrogen) atoms. The second kappa shape index (κ2) is 326. The topological polar surface area (TPSA) is 134 Å². The summed E-state index contributed by atoms with van der Waals surface area (Å²) in [4.78, 5) is 18.4. The van der Waals surface area contributed by atoms with E-state index in [4.69, 9.17) is 28.1 Å². The van der Waals surface area contributed by atoms with Gasteiger partial charge in [-0.2, -0.15) is 6.29 Å². The van der Waals surface area contributed by atoms with Crippen molar-refractivity contribution in [3.05, 3.63) is 33.3 Å². The average molecular weight is 266 g/mol. The smallest absolute Gasteiger partial charge is 0 e. The van der Waals surface area contributed by atoms with Gasteiger partial charge < -0.3 is 9.59 Å². The number of carbonyl (C=O) groups excluding carboxylic acids is 2. The van der Waals surface area contributed by atoms with Gasteiger partial charge >= 0.3 is 56.5 Å². The summed E-state index contributed by atoms with van der Waals surface area (Å²) < 4.78 is 37.5. The summed E-state index contributed by atoms with van der Waals surface area (Å²) in [5.41, 5.74) is 0. The van der Waals surface area contributed by atoms with E-state index in [0.717, 1.165) is 13.2 Å². The summed E-state index contributed by atoms with van der Waals surface area (Å²) in [6.07, 6.45) is 1.14. The molecule has 0 aromatic heterocycles. The monoisotopic (exact) mass is 266 g/mol. The van der Waals surface area contributed by atoms with Gasteiger partial charge in [-0.3, -0.25) is 0 Å². The third kappa shape index (κ3) is 5360. The van der Waals surface area contributed by atoms with Gasteiger partial charge in [0.2, 0.25) is 0 Å². The number of carbonyl (C=O) groups is 1. The van der Waals surface area contributed by atoms with E-state index in [0.29, 0.717) is 0 Å². The first-order valence-corrected chi connectivity index (χ1v) is 2.18. The number of rotatable bonds is 1. The van der Waals surface area contributed by atoms with Gasteiger partial charge in [0.15, 0.2) is 0 Å². The van der Waals surface area contributed by atoms with Crippen molar-refractivity contribution in [1.82, 2.24) is 0 Å². The van der Waals surface area contributed by atoms with Gasteiger partial charge in [-0.1, -0.05) is 0 Å². The van der Waals surface area contributed by atoms with Crippen LogP contribution < -0.4 is 0 Å². The molecule has 1 radical (unpaired) electrons. The van der Waals surface area contributed by atoms with Gasteiger partial charge in [-0.25, -0.2) is 0 Å². The van der Waals surface area contributed by atoms with E-state index in [2.05, 4.69) is 33.3 Å². The van der Waals surface area contributed by atoms with Gasteiger partial charge in [-0.05, 0) is 6.92 Å². The van der Waals surface area contributed by atoms with Crippen molar-refractivity contribution in [1.29, 1.82) is 0 Å². The molecule has 0 amide bonds. The first kappa shape index (κ1) is 46.8. The SMILES string of the molecule is CC(=O)[C-]=O.[C-]#[O+].[C-]#[O+].[C-]#[O+].[C-]#[O+].[C-]#[O+].[Mn]. The molecule has 0 aromatic rings. The van der Waals surface area contributed by atoms with Crippen LogP contribution in [0.3, 0.4) is 0 Å². The van der Waals surface area contributed by atoms with Crippen molar-refractivity contribution in [3.8, 4) is 0 Å². The normalized spacial score (nSPS) is 2.69. The Balaban J connectivity index is -0.0000000130. The van der Waals surface area contributed by atoms with Crippen LogP contribution in [0.4, 0.5) is 0 Å². The summed E-state index contributed by atoms with van der Waals surface area (Å²) in [7, 11) is 0. The maximum atomic E-state index is 9.39. The molecular formula is C8H3MnO7-. The van der Waals surface area contributed by atoms with Crippen LogP contribution in [0.2, 0.25) is 0 Å². The predicted octanol–water partition coefficient (Wildman–Crippen LogP) is -0.505. The van der Waals surface area contributed by atoms with E-state index in [1.807, 2.05) is 0 Å². The third-order valence-corrected chi connectivity index (χ3v) is 0.144. The molecule has 0 heterocycles. The fourth-order valence-electron chi connectivity index (χ4n) is 0. The molecule has 0 N–H and O–H groups in total. The molecule has 8 heteroatoms. The summed E-state index contributed by atoms with van der Waals surface area (Å²) in [5, 5.41) is 0. The Hall–Kier alpha value is -1.44. The zero-order valence-electron chi connectivity index (χ0n) is 7.74. The van der Waals surface area contributed by atoms with Gasteiger partial charge in [-0.15, -0.1) is 0 Å². The van der Waals surface area contributed by atoms with Crippen molar-refractivity contribution in [3.63, 3.8) is 0 Å². The predicted molar refractivity (Wildman–Crippen MR) is 36.0 cm³/mol. The van der Waals surface area contributed by atoms with Crippen molar-refractivity contribution in [2.75, 3.05) is 0 Å². The van der Waals surface area contributed by atoms with Gasteiger partial charge in [0.1, 0.15) is 0 Å². The molecule has 0 fully saturated rings. The van der Waals surface area contributed by atoms with E-state index in [1.54, 1.807) is 0 Å². The van der Waals surface area contributed by atoms with Gasteiger partial charge in [0, 0.05) is 22.9 Å². The molecule has 0 saturated carbocycles. The molecule has 0 unspecified atom stereocenters. The minimum Gasteiger partial charge on any atom is 0 e. The van der Waals surface area contributed by atoms with E-state index >= 15 is 0 Å². The van der Waals surface area contributed by atoms with Crippen molar-refractivity contribution < 1.29 is 49.9 Å². The Morgan fingerprint density at radius 1 is 0.812 bits per heavy atom. The van der Waals surface area contributed by atoms with Gasteiger partial charge in [0.05, 0.1) is 0 Å². The van der Waals surface area contributed by atoms with Crippen molar-refractivity contribution in [2.24, 2.45) is 0 Å². The van der Waals surface area contributed by atoms with Crippen LogP contribution in [0.5, 0.6) is 0 Å². The van der Waals surface area contributed by atoms with Crippen molar-refractivity contribution >= 4 is 12.1 Å².